The standard InChI is InChI=1S/C21H15ClN2O2S/c1-26-18-10-9-13(16-7-2-3-8-17(16)18)11-19-20(25)24-21(27-19)23-15-6-4-5-14(22)12-15/h2-12H,1H3,(H,23,24,25)/b19-11-. The van der Waals surface area contributed by atoms with Crippen LogP contribution in [0.4, 0.5) is 5.69 Å². The predicted molar refractivity (Wildman–Crippen MR) is 113 cm³/mol. The maximum absolute atomic E-state index is 12.4. The molecule has 1 aliphatic rings. The maximum Gasteiger partial charge on any atom is 0.264 e. The van der Waals surface area contributed by atoms with Gasteiger partial charge in [-0.3, -0.25) is 4.79 Å². The Morgan fingerprint density at radius 2 is 1.89 bits per heavy atom. The Bertz CT molecular complexity index is 1110. The summed E-state index contributed by atoms with van der Waals surface area (Å²) in [6.07, 6.45) is 1.88. The number of hydrogen-bond donors (Lipinski definition) is 1. The molecule has 0 aliphatic carbocycles. The fourth-order valence-electron chi connectivity index (χ4n) is 2.88. The quantitative estimate of drug-likeness (QED) is 0.605. The number of benzene rings is 3. The molecule has 0 radical (unpaired) electrons. The highest BCUT2D eigenvalue weighted by atomic mass is 35.5. The number of fused-ring (bicyclic) bond motifs is 1. The van der Waals surface area contributed by atoms with Gasteiger partial charge in [-0.25, -0.2) is 4.99 Å². The Hall–Kier alpha value is -2.76. The summed E-state index contributed by atoms with van der Waals surface area (Å²) >= 11 is 7.30. The topological polar surface area (TPSA) is 50.7 Å². The van der Waals surface area contributed by atoms with E-state index in [1.807, 2.05) is 54.6 Å². The van der Waals surface area contributed by atoms with Gasteiger partial charge in [0.1, 0.15) is 5.75 Å². The minimum Gasteiger partial charge on any atom is -0.496 e. The number of halogens is 1. The summed E-state index contributed by atoms with van der Waals surface area (Å²) in [7, 11) is 1.65. The lowest BCUT2D eigenvalue weighted by atomic mass is 10.0. The van der Waals surface area contributed by atoms with Crippen LogP contribution in [0.1, 0.15) is 5.56 Å². The van der Waals surface area contributed by atoms with Crippen molar-refractivity contribution in [3.05, 3.63) is 76.2 Å². The number of hydrogen-bond acceptors (Lipinski definition) is 4. The summed E-state index contributed by atoms with van der Waals surface area (Å²) in [4.78, 5) is 17.4. The van der Waals surface area contributed by atoms with Gasteiger partial charge in [0.2, 0.25) is 0 Å². The van der Waals surface area contributed by atoms with Gasteiger partial charge >= 0.3 is 0 Å². The molecule has 1 fully saturated rings. The van der Waals surface area contributed by atoms with Crippen LogP contribution in [0.5, 0.6) is 5.75 Å². The molecular weight excluding hydrogens is 380 g/mol. The monoisotopic (exact) mass is 394 g/mol. The van der Waals surface area contributed by atoms with Crippen LogP contribution < -0.4 is 10.1 Å². The number of methoxy groups -OCH3 is 1. The molecule has 3 aromatic rings. The third-order valence-corrected chi connectivity index (χ3v) is 5.26. The third kappa shape index (κ3) is 3.70. The number of nitrogens with zero attached hydrogens (tertiary/aromatic N) is 1. The zero-order chi connectivity index (χ0) is 18.8. The molecule has 1 saturated heterocycles. The molecule has 0 saturated carbocycles. The molecule has 3 aromatic carbocycles. The van der Waals surface area contributed by atoms with Crippen LogP contribution in [0.3, 0.4) is 0 Å². The van der Waals surface area contributed by atoms with Crippen LogP contribution in [-0.2, 0) is 4.79 Å². The molecule has 1 N–H and O–H groups in total. The van der Waals surface area contributed by atoms with Crippen LogP contribution in [0.15, 0.2) is 70.6 Å². The van der Waals surface area contributed by atoms with Crippen molar-refractivity contribution in [2.24, 2.45) is 4.99 Å². The van der Waals surface area contributed by atoms with Gasteiger partial charge in [-0.2, -0.15) is 0 Å². The molecule has 27 heavy (non-hydrogen) atoms. The van der Waals surface area contributed by atoms with Gasteiger partial charge in [-0.1, -0.05) is 48.0 Å². The largest absolute Gasteiger partial charge is 0.496 e. The first-order valence-electron chi connectivity index (χ1n) is 8.25. The highest BCUT2D eigenvalue weighted by Gasteiger charge is 2.24. The molecule has 0 bridgehead atoms. The van der Waals surface area contributed by atoms with Crippen molar-refractivity contribution in [3.63, 3.8) is 0 Å². The summed E-state index contributed by atoms with van der Waals surface area (Å²) in [5, 5.41) is 5.97. The molecule has 0 unspecified atom stereocenters. The minimum absolute atomic E-state index is 0.166. The van der Waals surface area contributed by atoms with E-state index in [-0.39, 0.29) is 5.91 Å². The molecule has 1 aliphatic heterocycles. The zero-order valence-electron chi connectivity index (χ0n) is 14.4. The van der Waals surface area contributed by atoms with Crippen LogP contribution in [0.2, 0.25) is 5.02 Å². The van der Waals surface area contributed by atoms with Crippen molar-refractivity contribution < 1.29 is 9.53 Å². The highest BCUT2D eigenvalue weighted by Crippen LogP contribution is 2.33. The fraction of sp³-hybridized carbons (Fsp3) is 0.0476. The van der Waals surface area contributed by atoms with Crippen molar-refractivity contribution in [2.45, 2.75) is 0 Å². The lowest BCUT2D eigenvalue weighted by Gasteiger charge is -2.08. The third-order valence-electron chi connectivity index (χ3n) is 4.11. The Morgan fingerprint density at radius 3 is 2.67 bits per heavy atom. The van der Waals surface area contributed by atoms with E-state index in [9.17, 15) is 4.79 Å². The van der Waals surface area contributed by atoms with Crippen LogP contribution >= 0.6 is 23.4 Å². The molecule has 4 nitrogen and oxygen atoms in total. The predicted octanol–water partition coefficient (Wildman–Crippen LogP) is 5.39. The molecule has 1 heterocycles. The summed E-state index contributed by atoms with van der Waals surface area (Å²) in [6, 6.07) is 19.0. The SMILES string of the molecule is COc1ccc(/C=C2\SC(=Nc3cccc(Cl)c3)NC2=O)c2ccccc12. The lowest BCUT2D eigenvalue weighted by Crippen LogP contribution is -2.19. The van der Waals surface area contributed by atoms with Gasteiger partial charge in [0.15, 0.2) is 5.17 Å². The average molecular weight is 395 g/mol. The number of carbonyl (C=O) groups excluding carboxylic acids is 1. The normalized spacial score (nSPS) is 16.9. The number of ether oxygens (including phenoxy) is 1. The van der Waals surface area contributed by atoms with Crippen LogP contribution in [0.25, 0.3) is 16.8 Å². The Balaban J connectivity index is 1.69. The van der Waals surface area contributed by atoms with Crippen molar-refractivity contribution in [2.75, 3.05) is 7.11 Å². The van der Waals surface area contributed by atoms with Gasteiger partial charge < -0.3 is 10.1 Å². The zero-order valence-corrected chi connectivity index (χ0v) is 16.0. The maximum atomic E-state index is 12.4. The molecule has 0 aromatic heterocycles. The highest BCUT2D eigenvalue weighted by molar-refractivity contribution is 8.18. The summed E-state index contributed by atoms with van der Waals surface area (Å²) in [5.41, 5.74) is 1.65. The van der Waals surface area contributed by atoms with Gasteiger partial charge in [0.05, 0.1) is 17.7 Å². The van der Waals surface area contributed by atoms with E-state index in [0.29, 0.717) is 20.8 Å². The molecule has 1 amide bonds. The first-order chi connectivity index (χ1) is 13.1. The van der Waals surface area contributed by atoms with E-state index in [4.69, 9.17) is 16.3 Å². The fourth-order valence-corrected chi connectivity index (χ4v) is 3.90. The van der Waals surface area contributed by atoms with Gasteiger partial charge in [0, 0.05) is 10.4 Å². The van der Waals surface area contributed by atoms with Crippen molar-refractivity contribution in [1.29, 1.82) is 0 Å². The molecule has 134 valence electrons. The number of thioether (sulfide) groups is 1. The van der Waals surface area contributed by atoms with Gasteiger partial charge in [-0.15, -0.1) is 0 Å². The number of carbonyl (C=O) groups is 1. The Labute approximate surface area is 165 Å². The second kappa shape index (κ2) is 7.47. The number of amides is 1. The molecule has 0 spiro atoms. The summed E-state index contributed by atoms with van der Waals surface area (Å²) < 4.78 is 5.43. The Kier molecular flexibility index (Phi) is 4.88. The Morgan fingerprint density at radius 1 is 1.07 bits per heavy atom. The van der Waals surface area contributed by atoms with E-state index in [1.165, 1.54) is 11.8 Å². The molecule has 4 rings (SSSR count). The van der Waals surface area contributed by atoms with E-state index >= 15 is 0 Å². The van der Waals surface area contributed by atoms with Crippen molar-refractivity contribution in [3.8, 4) is 5.75 Å². The van der Waals surface area contributed by atoms with Crippen LogP contribution in [0, 0.1) is 0 Å². The second-order valence-electron chi connectivity index (χ2n) is 5.86. The number of amidine groups is 1. The minimum atomic E-state index is -0.166. The smallest absolute Gasteiger partial charge is 0.264 e. The van der Waals surface area contributed by atoms with E-state index < -0.39 is 0 Å². The molecule has 0 atom stereocenters. The first kappa shape index (κ1) is 17.6. The average Bonchev–Trinajstić information content (AvgIpc) is 3.01. The van der Waals surface area contributed by atoms with Crippen molar-refractivity contribution in [1.82, 2.24) is 5.32 Å². The van der Waals surface area contributed by atoms with Crippen molar-refractivity contribution >= 4 is 57.0 Å². The summed E-state index contributed by atoms with van der Waals surface area (Å²) in [5.74, 6) is 0.639. The van der Waals surface area contributed by atoms with E-state index in [2.05, 4.69) is 10.3 Å². The van der Waals surface area contributed by atoms with Gasteiger partial charge in [-0.05, 0) is 53.1 Å². The summed E-state index contributed by atoms with van der Waals surface area (Å²) in [6.45, 7) is 0. The number of aliphatic imine (C=N–C) groups is 1. The second-order valence-corrected chi connectivity index (χ2v) is 7.33. The lowest BCUT2D eigenvalue weighted by molar-refractivity contribution is -0.115. The van der Waals surface area contributed by atoms with Crippen LogP contribution in [-0.4, -0.2) is 18.2 Å². The molecule has 6 heteroatoms. The number of nitrogens with one attached hydrogen (secondary N) is 1. The van der Waals surface area contributed by atoms with Gasteiger partial charge in [0.25, 0.3) is 5.91 Å². The molecular formula is C21H15ClN2O2S. The first-order valence-corrected chi connectivity index (χ1v) is 9.44. The van der Waals surface area contributed by atoms with E-state index in [1.54, 1.807) is 19.2 Å². The van der Waals surface area contributed by atoms with E-state index in [0.717, 1.165) is 22.1 Å². The number of rotatable bonds is 3.